The normalized spacial score (nSPS) is 19.8. The Kier molecular flexibility index (Phi) is 7.33. The number of carbonyl (C=O) groups is 1. The minimum absolute atomic E-state index is 0.0731. The first-order valence-electron chi connectivity index (χ1n) is 12.7. The van der Waals surface area contributed by atoms with E-state index in [0.717, 1.165) is 16.8 Å². The highest BCUT2D eigenvalue weighted by molar-refractivity contribution is 6.32. The molecule has 0 radical (unpaired) electrons. The molecule has 3 atom stereocenters. The molecule has 204 valence electrons. The van der Waals surface area contributed by atoms with E-state index in [-0.39, 0.29) is 35.8 Å². The van der Waals surface area contributed by atoms with E-state index in [1.807, 2.05) is 23.4 Å². The zero-order chi connectivity index (χ0) is 28.0. The first kappa shape index (κ1) is 27.1. The van der Waals surface area contributed by atoms with Gasteiger partial charge in [0.15, 0.2) is 6.23 Å². The Labute approximate surface area is 230 Å². The monoisotopic (exact) mass is 555 g/mol. The fourth-order valence-electron chi connectivity index (χ4n) is 5.56. The van der Waals surface area contributed by atoms with Crippen molar-refractivity contribution >= 4 is 17.5 Å². The zero-order valence-corrected chi connectivity index (χ0v) is 22.5. The van der Waals surface area contributed by atoms with Crippen molar-refractivity contribution in [3.63, 3.8) is 0 Å². The Morgan fingerprint density at radius 3 is 2.62 bits per heavy atom. The summed E-state index contributed by atoms with van der Waals surface area (Å²) in [5.74, 6) is -0.135. The minimum atomic E-state index is -2.89. The number of alkyl halides is 2. The third kappa shape index (κ3) is 4.86. The van der Waals surface area contributed by atoms with E-state index in [1.165, 1.54) is 12.1 Å². The van der Waals surface area contributed by atoms with E-state index in [9.17, 15) is 23.9 Å². The quantitative estimate of drug-likeness (QED) is 0.477. The van der Waals surface area contributed by atoms with Gasteiger partial charge in [-0.15, -0.1) is 0 Å². The van der Waals surface area contributed by atoms with Gasteiger partial charge in [0.2, 0.25) is 0 Å². The molecular formula is C28H28ClF2N5O3. The summed E-state index contributed by atoms with van der Waals surface area (Å²) < 4.78 is 31.3. The molecule has 0 bridgehead atoms. The molecule has 0 saturated heterocycles. The molecule has 1 N–H and O–H groups in total. The van der Waals surface area contributed by atoms with E-state index in [2.05, 4.69) is 10.8 Å². The van der Waals surface area contributed by atoms with Gasteiger partial charge in [-0.25, -0.2) is 0 Å². The van der Waals surface area contributed by atoms with Gasteiger partial charge in [-0.1, -0.05) is 23.7 Å². The minimum Gasteiger partial charge on any atom is -0.435 e. The van der Waals surface area contributed by atoms with Crippen LogP contribution in [0, 0.1) is 18.3 Å². The van der Waals surface area contributed by atoms with Gasteiger partial charge >= 0.3 is 6.61 Å². The lowest BCUT2D eigenvalue weighted by Crippen LogP contribution is -2.44. The molecule has 1 amide bonds. The molecule has 3 aromatic rings. The average Bonchev–Trinajstić information content (AvgIpc) is 3.26. The molecule has 11 heteroatoms. The van der Waals surface area contributed by atoms with Crippen LogP contribution in [0.4, 0.5) is 8.78 Å². The topological polar surface area (TPSA) is 94.6 Å². The number of nitriles is 1. The highest BCUT2D eigenvalue weighted by Crippen LogP contribution is 2.38. The van der Waals surface area contributed by atoms with Crippen LogP contribution in [0.25, 0.3) is 0 Å². The van der Waals surface area contributed by atoms with Crippen LogP contribution in [0.3, 0.4) is 0 Å². The smallest absolute Gasteiger partial charge is 0.387 e. The van der Waals surface area contributed by atoms with Gasteiger partial charge in [-0.3, -0.25) is 14.4 Å². The number of aromatic nitrogens is 2. The fourth-order valence-corrected chi connectivity index (χ4v) is 5.81. The molecule has 5 rings (SSSR count). The molecule has 3 heterocycles. The zero-order valence-electron chi connectivity index (χ0n) is 21.7. The summed E-state index contributed by atoms with van der Waals surface area (Å²) in [5, 5.41) is 26.1. The highest BCUT2D eigenvalue weighted by Gasteiger charge is 2.39. The average molecular weight is 556 g/mol. The van der Waals surface area contributed by atoms with Gasteiger partial charge < -0.3 is 14.7 Å². The Morgan fingerprint density at radius 2 is 1.95 bits per heavy atom. The SMILES string of the molecule is Cc1c(C(=O)N2Cc3c(nn4c3C(O)N([C@H](C)c3ccc(OC(F)F)cc3)CC4)C[C@H]2C)ccc(Cl)c1C#N. The number of hydrogen-bond donors (Lipinski definition) is 1. The molecule has 0 aliphatic carbocycles. The molecule has 0 fully saturated rings. The van der Waals surface area contributed by atoms with E-state index < -0.39 is 12.8 Å². The lowest BCUT2D eigenvalue weighted by molar-refractivity contribution is -0.0503. The van der Waals surface area contributed by atoms with Crippen molar-refractivity contribution in [3.05, 3.63) is 80.6 Å². The molecule has 2 aromatic carbocycles. The number of aliphatic hydroxyl groups excluding tert-OH is 1. The van der Waals surface area contributed by atoms with Crippen molar-refractivity contribution in [2.45, 2.75) is 65.2 Å². The Balaban J connectivity index is 1.41. The van der Waals surface area contributed by atoms with Gasteiger partial charge in [0.05, 0.1) is 35.1 Å². The van der Waals surface area contributed by atoms with E-state index >= 15 is 0 Å². The van der Waals surface area contributed by atoms with Gasteiger partial charge in [-0.05, 0) is 56.2 Å². The molecule has 2 aliphatic rings. The Hall–Kier alpha value is -3.52. The summed E-state index contributed by atoms with van der Waals surface area (Å²) in [5.41, 5.74) is 4.40. The summed E-state index contributed by atoms with van der Waals surface area (Å²) in [6.45, 7) is 4.09. The molecule has 1 unspecified atom stereocenters. The van der Waals surface area contributed by atoms with Crippen LogP contribution >= 0.6 is 11.6 Å². The first-order valence-corrected chi connectivity index (χ1v) is 13.1. The van der Waals surface area contributed by atoms with Crippen LogP contribution in [0.2, 0.25) is 5.02 Å². The second kappa shape index (κ2) is 10.6. The Bertz CT molecular complexity index is 1450. The number of amides is 1. The van der Waals surface area contributed by atoms with Crippen molar-refractivity contribution < 1.29 is 23.4 Å². The first-order chi connectivity index (χ1) is 18.6. The Morgan fingerprint density at radius 1 is 1.23 bits per heavy atom. The summed E-state index contributed by atoms with van der Waals surface area (Å²) in [7, 11) is 0. The maximum absolute atomic E-state index is 13.7. The number of rotatable bonds is 5. The van der Waals surface area contributed by atoms with Crippen molar-refractivity contribution in [2.75, 3.05) is 6.54 Å². The van der Waals surface area contributed by atoms with Crippen molar-refractivity contribution in [3.8, 4) is 11.8 Å². The van der Waals surface area contributed by atoms with Crippen LogP contribution in [-0.4, -0.2) is 49.8 Å². The predicted molar refractivity (Wildman–Crippen MR) is 139 cm³/mol. The number of halogens is 3. The van der Waals surface area contributed by atoms with E-state index in [0.29, 0.717) is 41.4 Å². The van der Waals surface area contributed by atoms with Crippen molar-refractivity contribution in [1.29, 1.82) is 5.26 Å². The summed E-state index contributed by atoms with van der Waals surface area (Å²) in [6.07, 6.45) is -0.443. The molecule has 0 spiro atoms. The molecule has 8 nitrogen and oxygen atoms in total. The number of benzene rings is 2. The lowest BCUT2D eigenvalue weighted by Gasteiger charge is -2.39. The van der Waals surface area contributed by atoms with Gasteiger partial charge in [0, 0.05) is 36.2 Å². The van der Waals surface area contributed by atoms with Crippen LogP contribution in [0.5, 0.6) is 5.75 Å². The number of ether oxygens (including phenoxy) is 1. The van der Waals surface area contributed by atoms with Crippen molar-refractivity contribution in [1.82, 2.24) is 19.6 Å². The summed E-state index contributed by atoms with van der Waals surface area (Å²) in [4.78, 5) is 17.3. The van der Waals surface area contributed by atoms with Crippen LogP contribution in [0.15, 0.2) is 36.4 Å². The summed E-state index contributed by atoms with van der Waals surface area (Å²) in [6, 6.07) is 11.3. The van der Waals surface area contributed by atoms with Gasteiger partial charge in [-0.2, -0.15) is 19.1 Å². The van der Waals surface area contributed by atoms with E-state index in [4.69, 9.17) is 16.7 Å². The number of nitrogens with zero attached hydrogens (tertiary/aromatic N) is 5. The maximum atomic E-state index is 13.7. The third-order valence-corrected chi connectivity index (χ3v) is 8.07. The van der Waals surface area contributed by atoms with Crippen LogP contribution in [0.1, 0.15) is 70.1 Å². The fraction of sp³-hybridized carbons (Fsp3) is 0.393. The number of fused-ring (bicyclic) bond motifs is 3. The van der Waals surface area contributed by atoms with Gasteiger partial charge in [0.25, 0.3) is 5.91 Å². The number of hydrogen-bond acceptors (Lipinski definition) is 6. The summed E-state index contributed by atoms with van der Waals surface area (Å²) >= 11 is 6.15. The van der Waals surface area contributed by atoms with E-state index in [1.54, 1.807) is 36.1 Å². The molecule has 1 aromatic heterocycles. The van der Waals surface area contributed by atoms with Crippen LogP contribution < -0.4 is 4.74 Å². The second-order valence-electron chi connectivity index (χ2n) is 9.96. The second-order valence-corrected chi connectivity index (χ2v) is 10.4. The largest absolute Gasteiger partial charge is 0.435 e. The standard InChI is InChI=1S/C28H28ClF2N5O3/c1-15-12-24-22(14-35(15)26(37)20-8-9-23(29)21(13-32)16(20)2)25-27(38)34(10-11-36(25)33-24)17(3)18-4-6-19(7-5-18)39-28(30)31/h4-9,15,17,27-28,38H,10-12,14H2,1-3H3/t15-,17-,27?/m1/s1. The maximum Gasteiger partial charge on any atom is 0.387 e. The molecule has 39 heavy (non-hydrogen) atoms. The van der Waals surface area contributed by atoms with Crippen LogP contribution in [-0.2, 0) is 19.5 Å². The lowest BCUT2D eigenvalue weighted by atomic mass is 9.95. The molecule has 0 saturated carbocycles. The van der Waals surface area contributed by atoms with Crippen molar-refractivity contribution in [2.24, 2.45) is 0 Å². The number of aliphatic hydroxyl groups is 1. The molecule has 2 aliphatic heterocycles. The van der Waals surface area contributed by atoms with Gasteiger partial charge in [0.1, 0.15) is 11.8 Å². The number of carbonyl (C=O) groups excluding carboxylic acids is 1. The predicted octanol–water partition coefficient (Wildman–Crippen LogP) is 4.97. The highest BCUT2D eigenvalue weighted by atomic mass is 35.5. The molecular weight excluding hydrogens is 528 g/mol. The third-order valence-electron chi connectivity index (χ3n) is 7.76.